The van der Waals surface area contributed by atoms with Gasteiger partial charge in [-0.05, 0) is 24.1 Å². The van der Waals surface area contributed by atoms with Gasteiger partial charge in [-0.25, -0.2) is 4.79 Å². The zero-order valence-corrected chi connectivity index (χ0v) is 12.4. The van der Waals surface area contributed by atoms with Crippen LogP contribution >= 0.6 is 22.6 Å². The SMILES string of the molecule is COCCc1ccc(N2CC(CI)OC2=O)cc1. The maximum Gasteiger partial charge on any atom is 0.414 e. The lowest BCUT2D eigenvalue weighted by atomic mass is 10.1. The van der Waals surface area contributed by atoms with E-state index in [1.807, 2.05) is 24.3 Å². The van der Waals surface area contributed by atoms with Crippen LogP contribution in [0.5, 0.6) is 0 Å². The number of anilines is 1. The van der Waals surface area contributed by atoms with Gasteiger partial charge in [0.2, 0.25) is 0 Å². The number of hydrogen-bond donors (Lipinski definition) is 0. The van der Waals surface area contributed by atoms with Crippen molar-refractivity contribution in [2.24, 2.45) is 0 Å². The molecule has 1 amide bonds. The van der Waals surface area contributed by atoms with E-state index in [0.717, 1.165) is 16.5 Å². The molecule has 1 unspecified atom stereocenters. The molecule has 0 N–H and O–H groups in total. The van der Waals surface area contributed by atoms with Gasteiger partial charge in [0.1, 0.15) is 6.10 Å². The zero-order valence-electron chi connectivity index (χ0n) is 10.3. The summed E-state index contributed by atoms with van der Waals surface area (Å²) in [6, 6.07) is 7.97. The van der Waals surface area contributed by atoms with Crippen LogP contribution in [-0.2, 0) is 15.9 Å². The number of alkyl halides is 1. The fourth-order valence-electron chi connectivity index (χ4n) is 1.88. The molecular weight excluding hydrogens is 345 g/mol. The minimum Gasteiger partial charge on any atom is -0.443 e. The molecule has 0 saturated carbocycles. The summed E-state index contributed by atoms with van der Waals surface area (Å²) < 4.78 is 11.1. The molecule has 18 heavy (non-hydrogen) atoms. The summed E-state index contributed by atoms with van der Waals surface area (Å²) in [6.45, 7) is 1.35. The second-order valence-electron chi connectivity index (χ2n) is 4.18. The van der Waals surface area contributed by atoms with Gasteiger partial charge < -0.3 is 9.47 Å². The van der Waals surface area contributed by atoms with Crippen LogP contribution in [0, 0.1) is 0 Å². The highest BCUT2D eigenvalue weighted by atomic mass is 127. The molecule has 1 heterocycles. The summed E-state index contributed by atoms with van der Waals surface area (Å²) in [5.41, 5.74) is 2.10. The van der Waals surface area contributed by atoms with Crippen molar-refractivity contribution in [2.45, 2.75) is 12.5 Å². The molecule has 4 nitrogen and oxygen atoms in total. The number of cyclic esters (lactones) is 1. The molecule has 1 aliphatic heterocycles. The van der Waals surface area contributed by atoms with Crippen molar-refractivity contribution in [3.63, 3.8) is 0 Å². The van der Waals surface area contributed by atoms with E-state index in [1.165, 1.54) is 5.56 Å². The van der Waals surface area contributed by atoms with Crippen molar-refractivity contribution < 1.29 is 14.3 Å². The maximum atomic E-state index is 11.7. The number of carbonyl (C=O) groups excluding carboxylic acids is 1. The Hall–Kier alpha value is -0.820. The second kappa shape index (κ2) is 6.38. The predicted molar refractivity (Wildman–Crippen MR) is 78.5 cm³/mol. The van der Waals surface area contributed by atoms with Gasteiger partial charge >= 0.3 is 6.09 Å². The third-order valence-corrected chi connectivity index (χ3v) is 3.87. The molecule has 1 saturated heterocycles. The molecule has 0 bridgehead atoms. The number of ether oxygens (including phenoxy) is 2. The van der Waals surface area contributed by atoms with Crippen molar-refractivity contribution in [3.05, 3.63) is 29.8 Å². The molecule has 98 valence electrons. The smallest absolute Gasteiger partial charge is 0.414 e. The average Bonchev–Trinajstić information content (AvgIpc) is 2.78. The molecule has 1 fully saturated rings. The normalized spacial score (nSPS) is 19.1. The van der Waals surface area contributed by atoms with Crippen molar-refractivity contribution >= 4 is 34.4 Å². The van der Waals surface area contributed by atoms with Crippen molar-refractivity contribution in [2.75, 3.05) is 29.6 Å². The summed E-state index contributed by atoms with van der Waals surface area (Å²) in [6.07, 6.45) is 0.644. The average molecular weight is 361 g/mol. The van der Waals surface area contributed by atoms with Crippen LogP contribution in [0.2, 0.25) is 0 Å². The highest BCUT2D eigenvalue weighted by molar-refractivity contribution is 14.1. The van der Waals surface area contributed by atoms with Crippen LogP contribution < -0.4 is 4.90 Å². The Labute approximate surface area is 120 Å². The second-order valence-corrected chi connectivity index (χ2v) is 5.06. The van der Waals surface area contributed by atoms with Crippen LogP contribution in [0.15, 0.2) is 24.3 Å². The first-order valence-corrected chi connectivity index (χ1v) is 7.39. The molecule has 1 aliphatic rings. The van der Waals surface area contributed by atoms with E-state index in [4.69, 9.17) is 9.47 Å². The first kappa shape index (κ1) is 13.6. The number of nitrogens with zero attached hydrogens (tertiary/aromatic N) is 1. The Morgan fingerprint density at radius 3 is 2.72 bits per heavy atom. The van der Waals surface area contributed by atoms with Crippen LogP contribution in [-0.4, -0.2) is 36.9 Å². The highest BCUT2D eigenvalue weighted by Crippen LogP contribution is 2.22. The number of rotatable bonds is 5. The Kier molecular flexibility index (Phi) is 4.82. The summed E-state index contributed by atoms with van der Waals surface area (Å²) in [5.74, 6) is 0. The van der Waals surface area contributed by atoms with Crippen LogP contribution in [0.3, 0.4) is 0 Å². The summed E-state index contributed by atoms with van der Waals surface area (Å²) >= 11 is 2.23. The van der Waals surface area contributed by atoms with Gasteiger partial charge in [-0.1, -0.05) is 34.7 Å². The van der Waals surface area contributed by atoms with Gasteiger partial charge in [-0.2, -0.15) is 0 Å². The lowest BCUT2D eigenvalue weighted by Gasteiger charge is -2.13. The van der Waals surface area contributed by atoms with Gasteiger partial charge in [-0.3, -0.25) is 4.90 Å². The standard InChI is InChI=1S/C13H16INO3/c1-17-7-6-10-2-4-11(5-3-10)15-9-12(8-14)18-13(15)16/h2-5,12H,6-9H2,1H3. The van der Waals surface area contributed by atoms with E-state index >= 15 is 0 Å². The number of benzene rings is 1. The third-order valence-electron chi connectivity index (χ3n) is 2.89. The first-order chi connectivity index (χ1) is 8.74. The molecule has 0 spiro atoms. The molecule has 1 aromatic carbocycles. The molecule has 2 rings (SSSR count). The maximum absolute atomic E-state index is 11.7. The van der Waals surface area contributed by atoms with Crippen LogP contribution in [0.4, 0.5) is 10.5 Å². The fraction of sp³-hybridized carbons (Fsp3) is 0.462. The Morgan fingerprint density at radius 1 is 1.44 bits per heavy atom. The zero-order chi connectivity index (χ0) is 13.0. The van der Waals surface area contributed by atoms with Gasteiger partial charge in [0.25, 0.3) is 0 Å². The number of amides is 1. The van der Waals surface area contributed by atoms with Crippen molar-refractivity contribution in [1.29, 1.82) is 0 Å². The highest BCUT2D eigenvalue weighted by Gasteiger charge is 2.31. The van der Waals surface area contributed by atoms with E-state index in [2.05, 4.69) is 22.6 Å². The topological polar surface area (TPSA) is 38.8 Å². The Morgan fingerprint density at radius 2 is 2.17 bits per heavy atom. The number of carbonyl (C=O) groups is 1. The summed E-state index contributed by atoms with van der Waals surface area (Å²) in [5, 5.41) is 0. The predicted octanol–water partition coefficient (Wildman–Crippen LogP) is 2.64. The third kappa shape index (κ3) is 3.14. The Bertz CT molecular complexity index is 407. The van der Waals surface area contributed by atoms with E-state index in [1.54, 1.807) is 12.0 Å². The summed E-state index contributed by atoms with van der Waals surface area (Å²) in [4.78, 5) is 13.4. The van der Waals surface area contributed by atoms with E-state index < -0.39 is 0 Å². The van der Waals surface area contributed by atoms with Crippen molar-refractivity contribution in [3.8, 4) is 0 Å². The molecule has 1 aromatic rings. The fourth-order valence-corrected chi connectivity index (χ4v) is 2.33. The minimum absolute atomic E-state index is 0.00580. The van der Waals surface area contributed by atoms with E-state index in [0.29, 0.717) is 13.2 Å². The monoisotopic (exact) mass is 361 g/mol. The van der Waals surface area contributed by atoms with Gasteiger partial charge in [-0.15, -0.1) is 0 Å². The first-order valence-electron chi connectivity index (χ1n) is 5.86. The largest absolute Gasteiger partial charge is 0.443 e. The lowest BCUT2D eigenvalue weighted by Crippen LogP contribution is -2.24. The van der Waals surface area contributed by atoms with Crippen LogP contribution in [0.1, 0.15) is 5.56 Å². The lowest BCUT2D eigenvalue weighted by molar-refractivity contribution is 0.152. The molecule has 0 radical (unpaired) electrons. The quantitative estimate of drug-likeness (QED) is 0.598. The molecule has 0 aromatic heterocycles. The number of halogens is 1. The molecule has 5 heteroatoms. The number of hydrogen-bond acceptors (Lipinski definition) is 3. The van der Waals surface area contributed by atoms with Gasteiger partial charge in [0, 0.05) is 17.2 Å². The molecular formula is C13H16INO3. The van der Waals surface area contributed by atoms with Crippen molar-refractivity contribution in [1.82, 2.24) is 0 Å². The molecule has 0 aliphatic carbocycles. The number of methoxy groups -OCH3 is 1. The van der Waals surface area contributed by atoms with Crippen LogP contribution in [0.25, 0.3) is 0 Å². The minimum atomic E-state index is -0.249. The van der Waals surface area contributed by atoms with Gasteiger partial charge in [0.15, 0.2) is 0 Å². The van der Waals surface area contributed by atoms with Gasteiger partial charge in [0.05, 0.1) is 13.2 Å². The van der Waals surface area contributed by atoms with E-state index in [9.17, 15) is 4.79 Å². The summed E-state index contributed by atoms with van der Waals surface area (Å²) in [7, 11) is 1.69. The molecule has 1 atom stereocenters. The Balaban J connectivity index is 2.03. The van der Waals surface area contributed by atoms with E-state index in [-0.39, 0.29) is 12.2 Å².